The van der Waals surface area contributed by atoms with Gasteiger partial charge in [0.15, 0.2) is 0 Å². The molecule has 3 nitrogen and oxygen atoms in total. The Morgan fingerprint density at radius 3 is 2.42 bits per heavy atom. The molecule has 0 radical (unpaired) electrons. The van der Waals surface area contributed by atoms with Gasteiger partial charge < -0.3 is 11.1 Å². The zero-order chi connectivity index (χ0) is 14.6. The normalized spacial score (nSPS) is 11.5. The molecule has 1 amide bonds. The maximum Gasteiger partial charge on any atom is 0.220 e. The summed E-state index contributed by atoms with van der Waals surface area (Å²) >= 11 is 0. The van der Waals surface area contributed by atoms with Crippen LogP contribution in [0.15, 0.2) is 12.1 Å². The fourth-order valence-electron chi connectivity index (χ4n) is 1.92. The van der Waals surface area contributed by atoms with Crippen molar-refractivity contribution in [3.63, 3.8) is 0 Å². The molecule has 19 heavy (non-hydrogen) atoms. The van der Waals surface area contributed by atoms with Crippen LogP contribution in [0.25, 0.3) is 0 Å². The summed E-state index contributed by atoms with van der Waals surface area (Å²) in [6, 6.07) is 4.19. The molecule has 1 aromatic carbocycles. The summed E-state index contributed by atoms with van der Waals surface area (Å²) in [6.07, 6.45) is 1.18. The van der Waals surface area contributed by atoms with Gasteiger partial charge in [-0.05, 0) is 63.3 Å². The molecule has 0 unspecified atom stereocenters. The van der Waals surface area contributed by atoms with Gasteiger partial charge in [0.2, 0.25) is 5.91 Å². The Hall–Kier alpha value is -1.35. The van der Waals surface area contributed by atoms with Gasteiger partial charge >= 0.3 is 0 Å². The van der Waals surface area contributed by atoms with Gasteiger partial charge in [0.25, 0.3) is 0 Å². The molecule has 0 aliphatic heterocycles. The smallest absolute Gasteiger partial charge is 0.220 e. The SMILES string of the molecule is Cc1ccc(CNC(=O)CCC(C)(C)N)c(C)c1C. The number of nitrogens with one attached hydrogen (secondary N) is 1. The average Bonchev–Trinajstić information content (AvgIpc) is 2.32. The van der Waals surface area contributed by atoms with Crippen molar-refractivity contribution in [2.24, 2.45) is 5.73 Å². The molecule has 0 saturated heterocycles. The van der Waals surface area contributed by atoms with E-state index in [0.717, 1.165) is 0 Å². The van der Waals surface area contributed by atoms with Crippen molar-refractivity contribution in [1.82, 2.24) is 5.32 Å². The molecule has 1 aromatic rings. The van der Waals surface area contributed by atoms with E-state index >= 15 is 0 Å². The summed E-state index contributed by atoms with van der Waals surface area (Å²) in [5.74, 6) is 0.0659. The fourth-order valence-corrected chi connectivity index (χ4v) is 1.92. The lowest BCUT2D eigenvalue weighted by Gasteiger charge is -2.18. The molecule has 3 heteroatoms. The van der Waals surface area contributed by atoms with Crippen molar-refractivity contribution in [3.05, 3.63) is 34.4 Å². The third-order valence-corrected chi connectivity index (χ3v) is 3.64. The number of amides is 1. The summed E-state index contributed by atoms with van der Waals surface area (Å²) in [4.78, 5) is 11.8. The van der Waals surface area contributed by atoms with E-state index in [4.69, 9.17) is 5.73 Å². The molecule has 0 heterocycles. The van der Waals surface area contributed by atoms with E-state index in [1.165, 1.54) is 22.3 Å². The molecule has 0 bridgehead atoms. The van der Waals surface area contributed by atoms with Crippen molar-refractivity contribution in [1.29, 1.82) is 0 Å². The van der Waals surface area contributed by atoms with Gasteiger partial charge in [-0.1, -0.05) is 12.1 Å². The van der Waals surface area contributed by atoms with Crippen molar-refractivity contribution >= 4 is 5.91 Å². The number of carbonyl (C=O) groups excluding carboxylic acids is 1. The van der Waals surface area contributed by atoms with Gasteiger partial charge in [-0.15, -0.1) is 0 Å². The first-order valence-electron chi connectivity index (χ1n) is 6.82. The zero-order valence-corrected chi connectivity index (χ0v) is 12.8. The highest BCUT2D eigenvalue weighted by molar-refractivity contribution is 5.76. The van der Waals surface area contributed by atoms with Gasteiger partial charge in [0.1, 0.15) is 0 Å². The van der Waals surface area contributed by atoms with Crippen molar-refractivity contribution in [3.8, 4) is 0 Å². The molecular weight excluding hydrogens is 236 g/mol. The minimum atomic E-state index is -0.284. The highest BCUT2D eigenvalue weighted by Gasteiger charge is 2.13. The van der Waals surface area contributed by atoms with Crippen LogP contribution in [0.1, 0.15) is 48.9 Å². The first kappa shape index (κ1) is 15.7. The quantitative estimate of drug-likeness (QED) is 0.857. The molecule has 106 valence electrons. The Kier molecular flexibility index (Phi) is 5.12. The van der Waals surface area contributed by atoms with Crippen LogP contribution >= 0.6 is 0 Å². The van der Waals surface area contributed by atoms with Gasteiger partial charge in [-0.25, -0.2) is 0 Å². The standard InChI is InChI=1S/C16H26N2O/c1-11-6-7-14(13(3)12(11)2)10-18-15(19)8-9-16(4,5)17/h6-7H,8-10,17H2,1-5H3,(H,18,19). The molecule has 0 atom stereocenters. The highest BCUT2D eigenvalue weighted by atomic mass is 16.1. The molecule has 0 fully saturated rings. The molecule has 0 saturated carbocycles. The number of carbonyl (C=O) groups is 1. The number of rotatable bonds is 5. The fraction of sp³-hybridized carbons (Fsp3) is 0.562. The van der Waals surface area contributed by atoms with E-state index in [-0.39, 0.29) is 11.4 Å². The topological polar surface area (TPSA) is 55.1 Å². The van der Waals surface area contributed by atoms with Gasteiger partial charge in [-0.3, -0.25) is 4.79 Å². The Morgan fingerprint density at radius 1 is 1.21 bits per heavy atom. The van der Waals surface area contributed by atoms with E-state index in [9.17, 15) is 4.79 Å². The maximum atomic E-state index is 11.8. The highest BCUT2D eigenvalue weighted by Crippen LogP contribution is 2.17. The van der Waals surface area contributed by atoms with E-state index in [1.54, 1.807) is 0 Å². The third kappa shape index (κ3) is 5.03. The molecule has 1 rings (SSSR count). The Bertz CT molecular complexity index is 459. The lowest BCUT2D eigenvalue weighted by molar-refractivity contribution is -0.121. The van der Waals surface area contributed by atoms with E-state index < -0.39 is 0 Å². The predicted octanol–water partition coefficient (Wildman–Crippen LogP) is 2.75. The summed E-state index contributed by atoms with van der Waals surface area (Å²) < 4.78 is 0. The van der Waals surface area contributed by atoms with Crippen molar-refractivity contribution < 1.29 is 4.79 Å². The van der Waals surface area contributed by atoms with Crippen LogP contribution < -0.4 is 11.1 Å². The number of nitrogens with two attached hydrogens (primary N) is 1. The van der Waals surface area contributed by atoms with Crippen LogP contribution in [-0.4, -0.2) is 11.4 Å². The van der Waals surface area contributed by atoms with E-state index in [0.29, 0.717) is 19.4 Å². The molecule has 3 N–H and O–H groups in total. The minimum Gasteiger partial charge on any atom is -0.352 e. The summed E-state index contributed by atoms with van der Waals surface area (Å²) in [7, 11) is 0. The van der Waals surface area contributed by atoms with Crippen LogP contribution in [0, 0.1) is 20.8 Å². The minimum absolute atomic E-state index is 0.0659. The van der Waals surface area contributed by atoms with Crippen LogP contribution in [0.3, 0.4) is 0 Å². The van der Waals surface area contributed by atoms with Gasteiger partial charge in [-0.2, -0.15) is 0 Å². The first-order valence-corrected chi connectivity index (χ1v) is 6.82. The zero-order valence-electron chi connectivity index (χ0n) is 12.8. The van der Waals surface area contributed by atoms with Crippen LogP contribution in [-0.2, 0) is 11.3 Å². The van der Waals surface area contributed by atoms with Gasteiger partial charge in [0, 0.05) is 18.5 Å². The molecule has 0 aliphatic rings. The summed E-state index contributed by atoms with van der Waals surface area (Å²) in [5.41, 5.74) is 10.6. The van der Waals surface area contributed by atoms with Crippen molar-refractivity contribution in [2.45, 2.75) is 59.5 Å². The van der Waals surface area contributed by atoms with E-state index in [2.05, 4.69) is 38.2 Å². The second-order valence-electron chi connectivity index (χ2n) is 6.06. The number of hydrogen-bond acceptors (Lipinski definition) is 2. The van der Waals surface area contributed by atoms with Crippen LogP contribution in [0.2, 0.25) is 0 Å². The second kappa shape index (κ2) is 6.20. The average molecular weight is 262 g/mol. The molecular formula is C16H26N2O. The molecule has 0 aliphatic carbocycles. The maximum absolute atomic E-state index is 11.8. The van der Waals surface area contributed by atoms with Crippen LogP contribution in [0.4, 0.5) is 0 Å². The van der Waals surface area contributed by atoms with Crippen LogP contribution in [0.5, 0.6) is 0 Å². The third-order valence-electron chi connectivity index (χ3n) is 3.64. The van der Waals surface area contributed by atoms with E-state index in [1.807, 2.05) is 13.8 Å². The first-order chi connectivity index (χ1) is 8.70. The largest absolute Gasteiger partial charge is 0.352 e. The summed E-state index contributed by atoms with van der Waals surface area (Å²) in [5, 5.41) is 2.96. The number of benzene rings is 1. The summed E-state index contributed by atoms with van der Waals surface area (Å²) in [6.45, 7) is 10.8. The lowest BCUT2D eigenvalue weighted by Crippen LogP contribution is -2.34. The number of aryl methyl sites for hydroxylation is 1. The monoisotopic (exact) mass is 262 g/mol. The lowest BCUT2D eigenvalue weighted by atomic mass is 9.98. The number of hydrogen-bond donors (Lipinski definition) is 2. The second-order valence-corrected chi connectivity index (χ2v) is 6.06. The Labute approximate surface area is 116 Å². The molecule has 0 aromatic heterocycles. The Balaban J connectivity index is 2.54. The Morgan fingerprint density at radius 2 is 1.84 bits per heavy atom. The predicted molar refractivity (Wildman–Crippen MR) is 80.0 cm³/mol. The molecule has 0 spiro atoms. The van der Waals surface area contributed by atoms with Gasteiger partial charge in [0.05, 0.1) is 0 Å². The van der Waals surface area contributed by atoms with Crippen molar-refractivity contribution in [2.75, 3.05) is 0 Å².